The van der Waals surface area contributed by atoms with E-state index < -0.39 is 5.97 Å². The molecule has 6 nitrogen and oxygen atoms in total. The van der Waals surface area contributed by atoms with Crippen LogP contribution in [-0.2, 0) is 4.74 Å². The van der Waals surface area contributed by atoms with Gasteiger partial charge < -0.3 is 14.5 Å². The number of hydrogen-bond acceptors (Lipinski definition) is 5. The maximum atomic E-state index is 12.2. The smallest absolute Gasteiger partial charge is 0.338 e. The molecule has 23 heavy (non-hydrogen) atoms. The molecule has 2 aromatic heterocycles. The van der Waals surface area contributed by atoms with Crippen LogP contribution in [-0.4, -0.2) is 23.5 Å². The van der Waals surface area contributed by atoms with Crippen molar-refractivity contribution < 1.29 is 18.7 Å². The van der Waals surface area contributed by atoms with Gasteiger partial charge in [0.05, 0.1) is 12.2 Å². The Morgan fingerprint density at radius 3 is 2.70 bits per heavy atom. The number of nitrogens with zero attached hydrogens (tertiary/aromatic N) is 1. The summed E-state index contributed by atoms with van der Waals surface area (Å²) >= 11 is 0. The Hall–Kier alpha value is -3.15. The van der Waals surface area contributed by atoms with Gasteiger partial charge >= 0.3 is 5.97 Å². The summed E-state index contributed by atoms with van der Waals surface area (Å²) in [4.78, 5) is 27.9. The van der Waals surface area contributed by atoms with Crippen molar-refractivity contribution in [1.82, 2.24) is 4.98 Å². The standard InChI is InChI=1S/C17H14N2O4/c1-2-22-17(21)11-5-7-12(8-6-11)19-16(20)15-10-13-14(23-15)4-3-9-18-13/h3-10H,2H2,1H3,(H,19,20). The van der Waals surface area contributed by atoms with Crippen LogP contribution < -0.4 is 5.32 Å². The average molecular weight is 310 g/mol. The number of carbonyl (C=O) groups excluding carboxylic acids is 2. The molecule has 1 aromatic carbocycles. The predicted octanol–water partition coefficient (Wildman–Crippen LogP) is 3.26. The lowest BCUT2D eigenvalue weighted by Crippen LogP contribution is -2.11. The number of amides is 1. The number of anilines is 1. The Morgan fingerprint density at radius 1 is 1.22 bits per heavy atom. The third-order valence-electron chi connectivity index (χ3n) is 3.17. The van der Waals surface area contributed by atoms with Crippen LogP contribution in [0.2, 0.25) is 0 Å². The number of hydrogen-bond donors (Lipinski definition) is 1. The molecule has 0 aliphatic rings. The molecule has 0 radical (unpaired) electrons. The first-order chi connectivity index (χ1) is 11.2. The fourth-order valence-electron chi connectivity index (χ4n) is 2.08. The van der Waals surface area contributed by atoms with E-state index in [1.165, 1.54) is 0 Å². The summed E-state index contributed by atoms with van der Waals surface area (Å²) in [7, 11) is 0. The Bertz CT molecular complexity index is 819. The van der Waals surface area contributed by atoms with E-state index in [9.17, 15) is 9.59 Å². The van der Waals surface area contributed by atoms with E-state index in [2.05, 4.69) is 10.3 Å². The lowest BCUT2D eigenvalue weighted by molar-refractivity contribution is 0.0526. The number of aromatic nitrogens is 1. The molecule has 0 unspecified atom stereocenters. The van der Waals surface area contributed by atoms with Gasteiger partial charge in [0.25, 0.3) is 5.91 Å². The number of fused-ring (bicyclic) bond motifs is 1. The maximum absolute atomic E-state index is 12.2. The highest BCUT2D eigenvalue weighted by Gasteiger charge is 2.13. The molecule has 0 saturated heterocycles. The summed E-state index contributed by atoms with van der Waals surface area (Å²) in [6.07, 6.45) is 1.63. The van der Waals surface area contributed by atoms with Crippen molar-refractivity contribution in [2.45, 2.75) is 6.92 Å². The van der Waals surface area contributed by atoms with E-state index in [0.717, 1.165) is 0 Å². The lowest BCUT2D eigenvalue weighted by Gasteiger charge is -2.05. The zero-order chi connectivity index (χ0) is 16.2. The first-order valence-electron chi connectivity index (χ1n) is 7.10. The van der Waals surface area contributed by atoms with Crippen molar-refractivity contribution in [3.05, 3.63) is 60.0 Å². The molecule has 2 heterocycles. The summed E-state index contributed by atoms with van der Waals surface area (Å²) in [6.45, 7) is 2.06. The summed E-state index contributed by atoms with van der Waals surface area (Å²) in [5.41, 5.74) is 2.15. The molecule has 1 N–H and O–H groups in total. The fourth-order valence-corrected chi connectivity index (χ4v) is 2.08. The lowest BCUT2D eigenvalue weighted by atomic mass is 10.2. The zero-order valence-corrected chi connectivity index (χ0v) is 12.4. The molecule has 0 aliphatic heterocycles. The molecule has 0 atom stereocenters. The molecule has 1 amide bonds. The third-order valence-corrected chi connectivity index (χ3v) is 3.17. The minimum absolute atomic E-state index is 0.174. The molecule has 0 bridgehead atoms. The van der Waals surface area contributed by atoms with Gasteiger partial charge in [-0.2, -0.15) is 0 Å². The second kappa shape index (κ2) is 6.31. The normalized spacial score (nSPS) is 10.5. The van der Waals surface area contributed by atoms with Gasteiger partial charge in [0.2, 0.25) is 0 Å². The van der Waals surface area contributed by atoms with Crippen LogP contribution in [0.3, 0.4) is 0 Å². The van der Waals surface area contributed by atoms with Gasteiger partial charge in [0, 0.05) is 18.0 Å². The molecular weight excluding hydrogens is 296 g/mol. The average Bonchev–Trinajstić information content (AvgIpc) is 3.00. The number of nitrogens with one attached hydrogen (secondary N) is 1. The Morgan fingerprint density at radius 2 is 2.00 bits per heavy atom. The van der Waals surface area contributed by atoms with Gasteiger partial charge in [0.1, 0.15) is 5.52 Å². The molecule has 116 valence electrons. The second-order valence-corrected chi connectivity index (χ2v) is 4.75. The number of pyridine rings is 1. The topological polar surface area (TPSA) is 81.4 Å². The molecular formula is C17H14N2O4. The quantitative estimate of drug-likeness (QED) is 0.748. The van der Waals surface area contributed by atoms with Crippen LogP contribution in [0.4, 0.5) is 5.69 Å². The summed E-state index contributed by atoms with van der Waals surface area (Å²) in [6, 6.07) is 11.5. The van der Waals surface area contributed by atoms with Crippen molar-refractivity contribution in [1.29, 1.82) is 0 Å². The Labute approximate surface area is 132 Å². The third kappa shape index (κ3) is 3.21. The van der Waals surface area contributed by atoms with Gasteiger partial charge in [0.15, 0.2) is 11.3 Å². The SMILES string of the molecule is CCOC(=O)c1ccc(NC(=O)c2cc3ncccc3o2)cc1. The van der Waals surface area contributed by atoms with Crippen molar-refractivity contribution in [2.24, 2.45) is 0 Å². The molecule has 3 rings (SSSR count). The number of carbonyl (C=O) groups is 2. The van der Waals surface area contributed by atoms with E-state index in [-0.39, 0.29) is 11.7 Å². The molecule has 6 heteroatoms. The summed E-state index contributed by atoms with van der Waals surface area (Å²) in [5.74, 6) is -0.603. The monoisotopic (exact) mass is 310 g/mol. The zero-order valence-electron chi connectivity index (χ0n) is 12.4. The predicted molar refractivity (Wildman–Crippen MR) is 84.4 cm³/mol. The van der Waals surface area contributed by atoms with Gasteiger partial charge in [-0.15, -0.1) is 0 Å². The van der Waals surface area contributed by atoms with Gasteiger partial charge in [-0.25, -0.2) is 4.79 Å². The molecule has 0 saturated carbocycles. The van der Waals surface area contributed by atoms with Crippen molar-refractivity contribution in [3.8, 4) is 0 Å². The maximum Gasteiger partial charge on any atom is 0.338 e. The van der Waals surface area contributed by atoms with Crippen LogP contribution >= 0.6 is 0 Å². The summed E-state index contributed by atoms with van der Waals surface area (Å²) in [5, 5.41) is 2.70. The van der Waals surface area contributed by atoms with Gasteiger partial charge in [-0.1, -0.05) is 0 Å². The Kier molecular flexibility index (Phi) is 4.05. The van der Waals surface area contributed by atoms with Crippen LogP contribution in [0.5, 0.6) is 0 Å². The van der Waals surface area contributed by atoms with Crippen molar-refractivity contribution in [2.75, 3.05) is 11.9 Å². The van der Waals surface area contributed by atoms with E-state index in [1.54, 1.807) is 55.6 Å². The van der Waals surface area contributed by atoms with Crippen LogP contribution in [0.1, 0.15) is 27.8 Å². The highest BCUT2D eigenvalue weighted by Crippen LogP contribution is 2.18. The summed E-state index contributed by atoms with van der Waals surface area (Å²) < 4.78 is 10.4. The van der Waals surface area contributed by atoms with Crippen LogP contribution in [0.25, 0.3) is 11.1 Å². The number of rotatable bonds is 4. The van der Waals surface area contributed by atoms with Gasteiger partial charge in [-0.05, 0) is 43.3 Å². The molecule has 0 spiro atoms. The Balaban J connectivity index is 1.73. The number of esters is 1. The number of ether oxygens (including phenoxy) is 1. The minimum atomic E-state index is -0.395. The van der Waals surface area contributed by atoms with Crippen molar-refractivity contribution in [3.63, 3.8) is 0 Å². The van der Waals surface area contributed by atoms with Crippen LogP contribution in [0.15, 0.2) is 53.1 Å². The van der Waals surface area contributed by atoms with Gasteiger partial charge in [-0.3, -0.25) is 9.78 Å². The molecule has 0 fully saturated rings. The highest BCUT2D eigenvalue weighted by molar-refractivity contribution is 6.04. The largest absolute Gasteiger partial charge is 0.462 e. The molecule has 3 aromatic rings. The van der Waals surface area contributed by atoms with Crippen LogP contribution in [0, 0.1) is 0 Å². The van der Waals surface area contributed by atoms with E-state index >= 15 is 0 Å². The van der Waals surface area contributed by atoms with E-state index in [1.807, 2.05) is 0 Å². The number of benzene rings is 1. The minimum Gasteiger partial charge on any atom is -0.462 e. The molecule has 0 aliphatic carbocycles. The first-order valence-corrected chi connectivity index (χ1v) is 7.10. The van der Waals surface area contributed by atoms with E-state index in [4.69, 9.17) is 9.15 Å². The second-order valence-electron chi connectivity index (χ2n) is 4.75. The van der Waals surface area contributed by atoms with E-state index in [0.29, 0.717) is 29.0 Å². The van der Waals surface area contributed by atoms with Crippen molar-refractivity contribution >= 4 is 28.7 Å². The highest BCUT2D eigenvalue weighted by atomic mass is 16.5. The first kappa shape index (κ1) is 14.8. The number of furan rings is 1. The fraction of sp³-hybridized carbons (Fsp3) is 0.118.